The molecule has 9 rings (SSSR count). The first-order chi connectivity index (χ1) is 31.7. The zero-order chi connectivity index (χ0) is 47.7. The van der Waals surface area contributed by atoms with Crippen LogP contribution in [0.4, 0.5) is 0 Å². The summed E-state index contributed by atoms with van der Waals surface area (Å²) in [6, 6.07) is 50.9. The lowest BCUT2D eigenvalue weighted by Crippen LogP contribution is -2.29. The van der Waals surface area contributed by atoms with Gasteiger partial charge in [-0.1, -0.05) is 139 Å². The van der Waals surface area contributed by atoms with Crippen molar-refractivity contribution >= 4 is 21.8 Å². The van der Waals surface area contributed by atoms with Gasteiger partial charge in [-0.15, -0.1) is 0 Å². The summed E-state index contributed by atoms with van der Waals surface area (Å²) in [7, 11) is 0. The van der Waals surface area contributed by atoms with Gasteiger partial charge in [0.25, 0.3) is 6.33 Å². The van der Waals surface area contributed by atoms with E-state index in [4.69, 9.17) is 13.0 Å². The van der Waals surface area contributed by atoms with Crippen LogP contribution in [0.15, 0.2) is 176 Å². The lowest BCUT2D eigenvalue weighted by molar-refractivity contribution is -0.599. The van der Waals surface area contributed by atoms with Crippen LogP contribution < -0.4 is 9.30 Å². The van der Waals surface area contributed by atoms with Crippen molar-refractivity contribution in [2.24, 2.45) is 0 Å². The van der Waals surface area contributed by atoms with Gasteiger partial charge in [-0.2, -0.15) is 0 Å². The van der Waals surface area contributed by atoms with Gasteiger partial charge in [-0.05, 0) is 93.9 Å². The van der Waals surface area contributed by atoms with Gasteiger partial charge in [0.2, 0.25) is 0 Å². The van der Waals surface area contributed by atoms with E-state index in [1.807, 2.05) is 114 Å². The third kappa shape index (κ3) is 7.12. The van der Waals surface area contributed by atoms with Crippen molar-refractivity contribution in [3.8, 4) is 28.7 Å². The quantitative estimate of drug-likeness (QED) is 0.108. The molecule has 0 spiro atoms. The van der Waals surface area contributed by atoms with Crippen LogP contribution >= 0.6 is 0 Å². The first kappa shape index (κ1) is 29.5. The van der Waals surface area contributed by atoms with E-state index in [2.05, 4.69) is 75.4 Å². The molecule has 3 heterocycles. The van der Waals surface area contributed by atoms with E-state index in [0.717, 1.165) is 38.5 Å². The summed E-state index contributed by atoms with van der Waals surface area (Å²) in [5.41, 5.74) is 4.09. The minimum absolute atomic E-state index is 0.0288. The van der Waals surface area contributed by atoms with Crippen LogP contribution in [0, 0.1) is 6.33 Å². The maximum atomic E-state index is 9.28. The molecule has 0 aliphatic carbocycles. The molecule has 292 valence electrons. The van der Waals surface area contributed by atoms with E-state index in [0.29, 0.717) is 34.2 Å². The molecule has 0 aliphatic rings. The van der Waals surface area contributed by atoms with Crippen molar-refractivity contribution in [1.82, 2.24) is 14.1 Å². The molecule has 0 bridgehead atoms. The number of ether oxygens (including phenoxy) is 1. The zero-order valence-corrected chi connectivity index (χ0v) is 33.8. The molecule has 0 unspecified atom stereocenters. The summed E-state index contributed by atoms with van der Waals surface area (Å²) in [6.45, 7) is 4.20. The van der Waals surface area contributed by atoms with Crippen LogP contribution in [0.2, 0.25) is 0 Å². The Hall–Kier alpha value is -6.72. The maximum Gasteiger partial charge on any atom is 0.268 e. The molecule has 0 aliphatic heterocycles. The van der Waals surface area contributed by atoms with Gasteiger partial charge in [0.1, 0.15) is 17.3 Å². The molecule has 0 atom stereocenters. The number of nitrogens with zero attached hydrogens (tertiary/aromatic N) is 4. The van der Waals surface area contributed by atoms with Gasteiger partial charge in [-0.3, -0.25) is 13.7 Å². The minimum atomic E-state index is -2.84. The van der Waals surface area contributed by atoms with Crippen molar-refractivity contribution in [2.75, 3.05) is 0 Å². The largest absolute Gasteiger partial charge is 0.458 e. The van der Waals surface area contributed by atoms with Crippen LogP contribution in [0.5, 0.6) is 11.5 Å². The predicted octanol–water partition coefficient (Wildman–Crippen LogP) is 12.8. The van der Waals surface area contributed by atoms with E-state index in [1.54, 1.807) is 15.2 Å². The van der Waals surface area contributed by atoms with E-state index in [-0.39, 0.29) is 23.3 Å². The zero-order valence-electron chi connectivity index (χ0n) is 41.8. The Kier molecular flexibility index (Phi) is 7.29. The first-order valence-electron chi connectivity index (χ1n) is 23.8. The summed E-state index contributed by atoms with van der Waals surface area (Å²) in [5.74, 6) is 1.32. The fourth-order valence-electron chi connectivity index (χ4n) is 7.95. The van der Waals surface area contributed by atoms with E-state index in [9.17, 15) is 2.74 Å². The van der Waals surface area contributed by atoms with E-state index < -0.39 is 24.5 Å². The number of para-hydroxylation sites is 1. The number of imidazole rings is 1. The molecule has 5 heteroatoms. The van der Waals surface area contributed by atoms with Crippen molar-refractivity contribution in [3.05, 3.63) is 210 Å². The molecule has 6 aromatic carbocycles. The first-order valence-corrected chi connectivity index (χ1v) is 19.8. The monoisotopic (exact) mass is 778 g/mol. The number of benzene rings is 6. The van der Waals surface area contributed by atoms with Gasteiger partial charge in [0, 0.05) is 54.4 Å². The topological polar surface area (TPSA) is 35.9 Å². The van der Waals surface area contributed by atoms with Crippen molar-refractivity contribution in [1.29, 1.82) is 0 Å². The number of hydrogen-bond donors (Lipinski definition) is 0. The van der Waals surface area contributed by atoms with Crippen molar-refractivity contribution < 1.29 is 20.3 Å². The average Bonchev–Trinajstić information content (AvgIpc) is 3.80. The molecule has 0 saturated heterocycles. The highest BCUT2D eigenvalue weighted by Gasteiger charge is 2.26. The SMILES string of the molecule is [2H]c1c([2H])[n+](-c2cccc(C(C)(C)c3ccccc3)c2)[c-]n1-c1cc(Oc2ccc3c4ccccc4n(-c4cc(C(C)(C([2H])([2H])[2H])C([2H])([2H])[2H])ccn4)c3c2)cc(C(C)(C)c2ccccc2)c1. The third-order valence-corrected chi connectivity index (χ3v) is 11.6. The van der Waals surface area contributed by atoms with Gasteiger partial charge < -0.3 is 4.74 Å². The van der Waals surface area contributed by atoms with Crippen LogP contribution in [0.1, 0.15) is 87.1 Å². The summed E-state index contributed by atoms with van der Waals surface area (Å²) in [5, 5.41) is 1.80. The second-order valence-electron chi connectivity index (χ2n) is 16.4. The number of rotatable bonds is 9. The fourth-order valence-corrected chi connectivity index (χ4v) is 7.95. The summed E-state index contributed by atoms with van der Waals surface area (Å²) < 4.78 is 80.3. The van der Waals surface area contributed by atoms with Crippen molar-refractivity contribution in [3.63, 3.8) is 0 Å². The highest BCUT2D eigenvalue weighted by Crippen LogP contribution is 2.39. The van der Waals surface area contributed by atoms with Crippen LogP contribution in [-0.2, 0) is 16.2 Å². The standard InChI is InChI=1S/C54H50N4O/c1-52(2,3)40-27-28-55-51(34-40)58-49-24-15-14-23-47(49)48-26-25-45(36-50(48)58)59-46-33-42(54(6,7)39-19-12-9-13-20-39)32-44(35-46)57-30-29-56(37-57)43-22-16-21-41(31-43)53(4,5)38-17-10-8-11-18-38/h8-36H,1-7H3/i1D3,2D3,29D,30D. The highest BCUT2D eigenvalue weighted by molar-refractivity contribution is 6.09. The number of pyridine rings is 1. The molecule has 0 amide bonds. The average molecular weight is 779 g/mol. The Bertz CT molecular complexity index is 3280. The second-order valence-corrected chi connectivity index (χ2v) is 16.4. The van der Waals surface area contributed by atoms with Crippen LogP contribution in [0.3, 0.4) is 0 Å². The Morgan fingerprint density at radius 3 is 2.02 bits per heavy atom. The van der Waals surface area contributed by atoms with E-state index >= 15 is 0 Å². The number of aromatic nitrogens is 4. The molecular formula is C54H50N4O. The second kappa shape index (κ2) is 14.6. The minimum Gasteiger partial charge on any atom is -0.458 e. The molecule has 0 saturated carbocycles. The Morgan fingerprint density at radius 1 is 0.593 bits per heavy atom. The van der Waals surface area contributed by atoms with Crippen LogP contribution in [-0.4, -0.2) is 14.1 Å². The molecule has 9 aromatic rings. The van der Waals surface area contributed by atoms with Crippen molar-refractivity contribution in [2.45, 2.75) is 64.6 Å². The Labute approximate surface area is 359 Å². The number of fused-ring (bicyclic) bond motifs is 3. The fraction of sp³-hybridized carbons (Fsp3) is 0.185. The normalized spacial score (nSPS) is 14.7. The summed E-state index contributed by atoms with van der Waals surface area (Å²) in [6.07, 6.45) is 4.70. The number of hydrogen-bond acceptors (Lipinski definition) is 2. The highest BCUT2D eigenvalue weighted by atomic mass is 16.5. The molecular weight excluding hydrogens is 721 g/mol. The lowest BCUT2D eigenvalue weighted by atomic mass is 9.78. The lowest BCUT2D eigenvalue weighted by Gasteiger charge is -2.27. The van der Waals surface area contributed by atoms with E-state index in [1.165, 1.54) is 19.2 Å². The Balaban J connectivity index is 1.17. The Morgan fingerprint density at radius 2 is 1.27 bits per heavy atom. The van der Waals surface area contributed by atoms with Crippen LogP contribution in [0.25, 0.3) is 39.0 Å². The third-order valence-electron chi connectivity index (χ3n) is 11.6. The molecule has 0 radical (unpaired) electrons. The smallest absolute Gasteiger partial charge is 0.268 e. The molecule has 5 nitrogen and oxygen atoms in total. The summed E-state index contributed by atoms with van der Waals surface area (Å²) >= 11 is 0. The van der Waals surface area contributed by atoms with Gasteiger partial charge >= 0.3 is 0 Å². The maximum absolute atomic E-state index is 9.28. The van der Waals surface area contributed by atoms with Gasteiger partial charge in [0.05, 0.1) is 25.1 Å². The predicted molar refractivity (Wildman–Crippen MR) is 241 cm³/mol. The summed E-state index contributed by atoms with van der Waals surface area (Å²) in [4.78, 5) is 4.67. The molecule has 59 heavy (non-hydrogen) atoms. The molecule has 0 fully saturated rings. The molecule has 0 N–H and O–H groups in total. The molecule has 3 aromatic heterocycles. The van der Waals surface area contributed by atoms with Gasteiger partial charge in [-0.25, -0.2) is 4.98 Å². The van der Waals surface area contributed by atoms with Gasteiger partial charge in [0.15, 0.2) is 0 Å².